The van der Waals surface area contributed by atoms with E-state index in [0.717, 1.165) is 47.4 Å². The van der Waals surface area contributed by atoms with Crippen LogP contribution in [0.5, 0.6) is 0 Å². The molecule has 1 atom stereocenters. The number of fused-ring (bicyclic) bond motifs is 2. The maximum atomic E-state index is 13.5. The molecule has 1 aromatic heterocycles. The highest BCUT2D eigenvalue weighted by molar-refractivity contribution is 8.00. The molecule has 3 N–H and O–H groups in total. The summed E-state index contributed by atoms with van der Waals surface area (Å²) in [5.41, 5.74) is 2.34. The van der Waals surface area contributed by atoms with Gasteiger partial charge in [-0.25, -0.2) is 9.59 Å². The van der Waals surface area contributed by atoms with Crippen LogP contribution in [0, 0.1) is 0 Å². The minimum absolute atomic E-state index is 0.0580. The van der Waals surface area contributed by atoms with E-state index < -0.39 is 23.1 Å². The van der Waals surface area contributed by atoms with E-state index in [2.05, 4.69) is 10.6 Å². The molecule has 0 radical (unpaired) electrons. The Morgan fingerprint density at radius 1 is 0.932 bits per heavy atom. The molecule has 10 heteroatoms. The fourth-order valence-corrected chi connectivity index (χ4v) is 7.78. The van der Waals surface area contributed by atoms with Gasteiger partial charge in [-0.2, -0.15) is 0 Å². The number of carboxylic acids is 1. The number of rotatable bonds is 10. The van der Waals surface area contributed by atoms with Gasteiger partial charge in [-0.05, 0) is 80.3 Å². The number of nitrogens with one attached hydrogen (secondary N) is 2. The summed E-state index contributed by atoms with van der Waals surface area (Å²) >= 11 is 2.85. The molecule has 1 heterocycles. The predicted molar refractivity (Wildman–Crippen MR) is 175 cm³/mol. The summed E-state index contributed by atoms with van der Waals surface area (Å²) in [4.78, 5) is 53.6. The second-order valence-electron chi connectivity index (χ2n) is 10.5. The van der Waals surface area contributed by atoms with E-state index in [1.165, 1.54) is 29.2 Å². The van der Waals surface area contributed by atoms with E-state index in [4.69, 9.17) is 4.74 Å². The van der Waals surface area contributed by atoms with Crippen molar-refractivity contribution < 1.29 is 29.0 Å². The van der Waals surface area contributed by atoms with Gasteiger partial charge < -0.3 is 20.5 Å². The molecule has 44 heavy (non-hydrogen) atoms. The minimum Gasteiger partial charge on any atom is -0.478 e. The molecule has 2 amide bonds. The van der Waals surface area contributed by atoms with Crippen LogP contribution in [0.25, 0.3) is 10.8 Å². The number of aromatic carboxylic acids is 1. The van der Waals surface area contributed by atoms with E-state index in [1.807, 2.05) is 13.0 Å². The number of esters is 1. The number of benzene rings is 3. The summed E-state index contributed by atoms with van der Waals surface area (Å²) in [7, 11) is 0. The first kappa shape index (κ1) is 31.3. The van der Waals surface area contributed by atoms with Gasteiger partial charge in [-0.15, -0.1) is 23.1 Å². The summed E-state index contributed by atoms with van der Waals surface area (Å²) in [5.74, 6) is -2.13. The Hall–Kier alpha value is -4.15. The van der Waals surface area contributed by atoms with Crippen LogP contribution < -0.4 is 10.6 Å². The summed E-state index contributed by atoms with van der Waals surface area (Å²) < 4.78 is 5.36. The van der Waals surface area contributed by atoms with E-state index in [0.29, 0.717) is 33.4 Å². The Bertz CT molecular complexity index is 1730. The van der Waals surface area contributed by atoms with Crippen LogP contribution in [0.3, 0.4) is 0 Å². The molecular weight excluding hydrogens is 597 g/mol. The van der Waals surface area contributed by atoms with E-state index in [9.17, 15) is 24.3 Å². The average molecular weight is 631 g/mol. The maximum absolute atomic E-state index is 13.5. The van der Waals surface area contributed by atoms with Crippen molar-refractivity contribution in [1.29, 1.82) is 0 Å². The molecular formula is C34H34N2O6S2. The molecule has 1 aliphatic rings. The molecule has 4 aromatic rings. The number of carbonyl (C=O) groups is 4. The van der Waals surface area contributed by atoms with Gasteiger partial charge in [0.15, 0.2) is 0 Å². The molecule has 0 fully saturated rings. The minimum atomic E-state index is -1.11. The maximum Gasteiger partial charge on any atom is 0.341 e. The number of thiophene rings is 1. The number of hydrogen-bond donors (Lipinski definition) is 3. The van der Waals surface area contributed by atoms with Crippen molar-refractivity contribution in [2.24, 2.45) is 0 Å². The highest BCUT2D eigenvalue weighted by Gasteiger charge is 2.28. The molecule has 0 spiro atoms. The first-order valence-electron chi connectivity index (χ1n) is 14.8. The zero-order chi connectivity index (χ0) is 31.2. The van der Waals surface area contributed by atoms with Crippen molar-refractivity contribution in [2.75, 3.05) is 17.2 Å². The number of thioether (sulfide) groups is 1. The zero-order valence-electron chi connectivity index (χ0n) is 24.6. The van der Waals surface area contributed by atoms with E-state index in [-0.39, 0.29) is 23.6 Å². The van der Waals surface area contributed by atoms with Gasteiger partial charge in [-0.3, -0.25) is 9.59 Å². The number of anilines is 2. The number of aryl methyl sites for hydroxylation is 1. The standard InChI is InChI=1S/C34H34N2O6S2/c1-3-26(31(38)36-32-29(34(41)42-4-2)23-15-6-5-7-18-27(23)44-32)43-22-14-10-13-21(19-22)35-30(37)24-16-8-11-20-12-9-17-25(28(20)24)33(39)40/h8-14,16-17,19,26H,3-7,15,18H2,1-2H3,(H,35,37)(H,36,38)(H,39,40). The summed E-state index contributed by atoms with van der Waals surface area (Å²) in [6.45, 7) is 3.97. The van der Waals surface area contributed by atoms with Gasteiger partial charge in [0.05, 0.1) is 23.0 Å². The number of hydrogen-bond acceptors (Lipinski definition) is 7. The second-order valence-corrected chi connectivity index (χ2v) is 12.9. The normalized spacial score (nSPS) is 13.4. The lowest BCUT2D eigenvalue weighted by atomic mass is 9.98. The SMILES string of the molecule is CCOC(=O)c1c(NC(=O)C(CC)Sc2cccc(NC(=O)c3cccc4cccc(C(=O)O)c34)c2)sc2c1CCCCC2. The molecule has 1 aliphatic carbocycles. The summed E-state index contributed by atoms with van der Waals surface area (Å²) in [6, 6.07) is 17.2. The van der Waals surface area contributed by atoms with Crippen molar-refractivity contribution >= 4 is 68.3 Å². The average Bonchev–Trinajstić information content (AvgIpc) is 3.18. The van der Waals surface area contributed by atoms with Crippen LogP contribution in [0.2, 0.25) is 0 Å². The number of carboxylic acid groups (broad SMARTS) is 1. The first-order chi connectivity index (χ1) is 21.3. The van der Waals surface area contributed by atoms with Crippen LogP contribution in [0.15, 0.2) is 65.6 Å². The Kier molecular flexibility index (Phi) is 10.0. The predicted octanol–water partition coefficient (Wildman–Crippen LogP) is 7.81. The fourth-order valence-electron chi connectivity index (χ4n) is 5.48. The second kappa shape index (κ2) is 14.1. The van der Waals surface area contributed by atoms with Crippen LogP contribution in [0.1, 0.15) is 81.0 Å². The van der Waals surface area contributed by atoms with Crippen LogP contribution in [-0.2, 0) is 22.4 Å². The molecule has 0 saturated carbocycles. The van der Waals surface area contributed by atoms with Crippen LogP contribution in [0.4, 0.5) is 10.7 Å². The molecule has 0 saturated heterocycles. The lowest BCUT2D eigenvalue weighted by Gasteiger charge is -2.16. The van der Waals surface area contributed by atoms with Gasteiger partial charge in [0, 0.05) is 26.4 Å². The fraction of sp³-hybridized carbons (Fsp3) is 0.294. The Morgan fingerprint density at radius 2 is 1.66 bits per heavy atom. The summed E-state index contributed by atoms with van der Waals surface area (Å²) in [6.07, 6.45) is 5.42. The molecule has 5 rings (SSSR count). The monoisotopic (exact) mass is 630 g/mol. The molecule has 3 aromatic carbocycles. The number of carbonyl (C=O) groups excluding carboxylic acids is 3. The molecule has 1 unspecified atom stereocenters. The van der Waals surface area contributed by atoms with Crippen molar-refractivity contribution in [3.63, 3.8) is 0 Å². The molecule has 0 bridgehead atoms. The number of amides is 2. The molecule has 8 nitrogen and oxygen atoms in total. The topological polar surface area (TPSA) is 122 Å². The third-order valence-corrected chi connectivity index (χ3v) is 10.1. The summed E-state index contributed by atoms with van der Waals surface area (Å²) in [5, 5.41) is 16.8. The molecule has 228 valence electrons. The van der Waals surface area contributed by atoms with Crippen molar-refractivity contribution in [2.45, 2.75) is 62.5 Å². The quantitative estimate of drug-likeness (QED) is 0.0928. The lowest BCUT2D eigenvalue weighted by molar-refractivity contribution is -0.115. The first-order valence-corrected chi connectivity index (χ1v) is 16.5. The highest BCUT2D eigenvalue weighted by Crippen LogP contribution is 2.39. The smallest absolute Gasteiger partial charge is 0.341 e. The van der Waals surface area contributed by atoms with Gasteiger partial charge in [0.1, 0.15) is 5.00 Å². The Balaban J connectivity index is 1.33. The van der Waals surface area contributed by atoms with Crippen molar-refractivity contribution in [1.82, 2.24) is 0 Å². The van der Waals surface area contributed by atoms with Gasteiger partial charge in [-0.1, -0.05) is 43.7 Å². The van der Waals surface area contributed by atoms with Crippen molar-refractivity contribution in [3.8, 4) is 0 Å². The zero-order valence-corrected chi connectivity index (χ0v) is 26.2. The van der Waals surface area contributed by atoms with Gasteiger partial charge >= 0.3 is 11.9 Å². The highest BCUT2D eigenvalue weighted by atomic mass is 32.2. The number of ether oxygens (including phenoxy) is 1. The van der Waals surface area contributed by atoms with Gasteiger partial charge in [0.2, 0.25) is 5.91 Å². The van der Waals surface area contributed by atoms with E-state index in [1.54, 1.807) is 55.5 Å². The van der Waals surface area contributed by atoms with Crippen molar-refractivity contribution in [3.05, 3.63) is 87.8 Å². The third-order valence-electron chi connectivity index (χ3n) is 7.55. The van der Waals surface area contributed by atoms with E-state index >= 15 is 0 Å². The lowest BCUT2D eigenvalue weighted by Crippen LogP contribution is -2.25. The third kappa shape index (κ3) is 6.81. The Morgan fingerprint density at radius 3 is 2.39 bits per heavy atom. The Labute approximate surface area is 264 Å². The largest absolute Gasteiger partial charge is 0.478 e. The van der Waals surface area contributed by atoms with Crippen LogP contribution in [-0.4, -0.2) is 40.7 Å². The van der Waals surface area contributed by atoms with Gasteiger partial charge in [0.25, 0.3) is 5.91 Å². The molecule has 0 aliphatic heterocycles. The van der Waals surface area contributed by atoms with Crippen LogP contribution >= 0.6 is 23.1 Å².